The van der Waals surface area contributed by atoms with Crippen molar-refractivity contribution >= 4 is 43.7 Å². The van der Waals surface area contributed by atoms with Gasteiger partial charge in [-0.15, -0.1) is 0 Å². The molecule has 0 unspecified atom stereocenters. The van der Waals surface area contributed by atoms with Crippen molar-refractivity contribution in [2.24, 2.45) is 0 Å². The van der Waals surface area contributed by atoms with Gasteiger partial charge in [-0.1, -0.05) is 0 Å². The molecule has 0 spiro atoms. The van der Waals surface area contributed by atoms with Crippen molar-refractivity contribution in [1.82, 2.24) is 4.98 Å². The van der Waals surface area contributed by atoms with Crippen LogP contribution in [-0.2, 0) is 0 Å². The number of aromatic nitrogens is 1. The zero-order valence-electron chi connectivity index (χ0n) is 7.70. The van der Waals surface area contributed by atoms with E-state index >= 15 is 0 Å². The van der Waals surface area contributed by atoms with Crippen molar-refractivity contribution in [1.29, 1.82) is 0 Å². The summed E-state index contributed by atoms with van der Waals surface area (Å²) < 4.78 is 0. The Kier molecular flexibility index (Phi) is 4.40. The largest absolute Gasteiger partial charge is 2.00 e. The fraction of sp³-hybridized carbons (Fsp3) is 0. The van der Waals surface area contributed by atoms with Crippen LogP contribution in [0.4, 0.5) is 0 Å². The second-order valence-corrected chi connectivity index (χ2v) is 1.75. The molecule has 11 heavy (non-hydrogen) atoms. The first-order chi connectivity index (χ1) is 4.70. The Labute approximate surface area is 95.2 Å². The standard InChI is InChI=1S/C6H5NO3.Ca.2H/c8-5-3-4(6(9)10)1-2-7-5;;;/h1-3H,(H,7,8)(H,9,10);;;/q;+2;2*-1. The number of carboxylic acid groups (broad SMARTS) is 1. The van der Waals surface area contributed by atoms with Gasteiger partial charge in [0.1, 0.15) is 0 Å². The first-order valence-corrected chi connectivity index (χ1v) is 2.62. The number of aromatic amines is 1. The van der Waals surface area contributed by atoms with Crippen LogP contribution in [0.2, 0.25) is 0 Å². The van der Waals surface area contributed by atoms with E-state index in [-0.39, 0.29) is 46.2 Å². The summed E-state index contributed by atoms with van der Waals surface area (Å²) in [5.74, 6) is -1.09. The third-order valence-corrected chi connectivity index (χ3v) is 1.02. The first-order valence-electron chi connectivity index (χ1n) is 2.62. The second kappa shape index (κ2) is 4.54. The predicted octanol–water partition coefficient (Wildman–Crippen LogP) is -0.0827. The van der Waals surface area contributed by atoms with E-state index in [9.17, 15) is 9.59 Å². The predicted molar refractivity (Wildman–Crippen MR) is 42.0 cm³/mol. The maximum atomic E-state index is 10.5. The van der Waals surface area contributed by atoms with Gasteiger partial charge >= 0.3 is 43.7 Å². The Morgan fingerprint density at radius 3 is 2.64 bits per heavy atom. The van der Waals surface area contributed by atoms with Crippen molar-refractivity contribution in [2.75, 3.05) is 0 Å². The van der Waals surface area contributed by atoms with Gasteiger partial charge in [-0.2, -0.15) is 0 Å². The smallest absolute Gasteiger partial charge is 1.00 e. The zero-order valence-corrected chi connectivity index (χ0v) is 7.91. The Hall–Kier alpha value is -0.320. The average molecular weight is 181 g/mol. The number of nitrogens with one attached hydrogen (secondary N) is 1. The van der Waals surface area contributed by atoms with Crippen LogP contribution in [0.1, 0.15) is 13.2 Å². The van der Waals surface area contributed by atoms with Crippen LogP contribution >= 0.6 is 0 Å². The van der Waals surface area contributed by atoms with Crippen LogP contribution in [0, 0.1) is 0 Å². The third kappa shape index (κ3) is 3.05. The molecule has 0 saturated carbocycles. The summed E-state index contributed by atoms with van der Waals surface area (Å²) in [6.07, 6.45) is 1.30. The SMILES string of the molecule is O=C(O)c1cc[nH]c(=O)c1.[Ca+2].[H-].[H-]. The Morgan fingerprint density at radius 1 is 1.64 bits per heavy atom. The fourth-order valence-corrected chi connectivity index (χ4v) is 0.578. The van der Waals surface area contributed by atoms with Crippen LogP contribution in [-0.4, -0.2) is 53.8 Å². The second-order valence-electron chi connectivity index (χ2n) is 1.75. The first kappa shape index (κ1) is 10.7. The minimum Gasteiger partial charge on any atom is -1.00 e. The van der Waals surface area contributed by atoms with Gasteiger partial charge < -0.3 is 12.9 Å². The maximum Gasteiger partial charge on any atom is 2.00 e. The topological polar surface area (TPSA) is 70.2 Å². The molecule has 1 rings (SSSR count). The number of aromatic carboxylic acids is 1. The van der Waals surface area contributed by atoms with Gasteiger partial charge in [0.05, 0.1) is 5.56 Å². The quantitative estimate of drug-likeness (QED) is 0.595. The fourth-order valence-electron chi connectivity index (χ4n) is 0.578. The molecule has 0 radical (unpaired) electrons. The summed E-state index contributed by atoms with van der Waals surface area (Å²) in [7, 11) is 0. The number of carbonyl (C=O) groups is 1. The van der Waals surface area contributed by atoms with Crippen molar-refractivity contribution in [3.05, 3.63) is 34.2 Å². The molecular formula is C6H7CaNO3. The van der Waals surface area contributed by atoms with E-state index < -0.39 is 11.5 Å². The van der Waals surface area contributed by atoms with E-state index in [1.54, 1.807) is 0 Å². The monoisotopic (exact) mass is 181 g/mol. The van der Waals surface area contributed by atoms with Gasteiger partial charge in [0.2, 0.25) is 5.56 Å². The van der Waals surface area contributed by atoms with E-state index in [0.717, 1.165) is 6.07 Å². The van der Waals surface area contributed by atoms with Gasteiger partial charge in [0.25, 0.3) is 0 Å². The molecule has 2 N–H and O–H groups in total. The minimum absolute atomic E-state index is 0. The molecule has 56 valence electrons. The van der Waals surface area contributed by atoms with Crippen molar-refractivity contribution in [3.63, 3.8) is 0 Å². The van der Waals surface area contributed by atoms with E-state index in [2.05, 4.69) is 4.98 Å². The summed E-state index contributed by atoms with van der Waals surface area (Å²) in [4.78, 5) is 23.0. The van der Waals surface area contributed by atoms with Gasteiger partial charge in [0, 0.05) is 12.3 Å². The summed E-state index contributed by atoms with van der Waals surface area (Å²) in [6, 6.07) is 2.35. The molecule has 1 aromatic rings. The number of hydrogen-bond donors (Lipinski definition) is 2. The van der Waals surface area contributed by atoms with Crippen LogP contribution < -0.4 is 5.56 Å². The molecule has 4 nitrogen and oxygen atoms in total. The normalized spacial score (nSPS) is 8.36. The molecule has 1 heterocycles. The molecule has 0 aliphatic heterocycles. The van der Waals surface area contributed by atoms with Crippen molar-refractivity contribution in [3.8, 4) is 0 Å². The molecule has 1 aromatic heterocycles. The average Bonchev–Trinajstić information content (AvgIpc) is 1.88. The molecule has 0 aromatic carbocycles. The van der Waals surface area contributed by atoms with Gasteiger partial charge in [-0.25, -0.2) is 4.79 Å². The van der Waals surface area contributed by atoms with Crippen molar-refractivity contribution < 1.29 is 12.8 Å². The summed E-state index contributed by atoms with van der Waals surface area (Å²) in [5, 5.41) is 8.36. The van der Waals surface area contributed by atoms with Crippen LogP contribution in [0.15, 0.2) is 23.1 Å². The van der Waals surface area contributed by atoms with E-state index in [1.807, 2.05) is 0 Å². The summed E-state index contributed by atoms with van der Waals surface area (Å²) in [5.41, 5.74) is -0.399. The van der Waals surface area contributed by atoms with Crippen molar-refractivity contribution in [2.45, 2.75) is 0 Å². The number of H-pyrrole nitrogens is 1. The maximum absolute atomic E-state index is 10.5. The number of rotatable bonds is 1. The van der Waals surface area contributed by atoms with Gasteiger partial charge in [-0.05, 0) is 6.07 Å². The Bertz CT molecular complexity index is 315. The molecule has 0 bridgehead atoms. The Balaban J connectivity index is -0.000000333. The zero-order chi connectivity index (χ0) is 7.56. The van der Waals surface area contributed by atoms with E-state index in [0.29, 0.717) is 0 Å². The number of carboxylic acids is 1. The summed E-state index contributed by atoms with van der Waals surface area (Å²) in [6.45, 7) is 0. The Morgan fingerprint density at radius 2 is 2.27 bits per heavy atom. The summed E-state index contributed by atoms with van der Waals surface area (Å²) >= 11 is 0. The molecule has 0 aliphatic rings. The molecular weight excluding hydrogens is 174 g/mol. The number of pyridine rings is 1. The molecule has 5 heteroatoms. The third-order valence-electron chi connectivity index (χ3n) is 1.02. The molecule has 0 aliphatic carbocycles. The van der Waals surface area contributed by atoms with Gasteiger partial charge in [-0.3, -0.25) is 4.79 Å². The van der Waals surface area contributed by atoms with E-state index in [4.69, 9.17) is 5.11 Å². The van der Waals surface area contributed by atoms with E-state index in [1.165, 1.54) is 12.3 Å². The van der Waals surface area contributed by atoms with Crippen LogP contribution in [0.3, 0.4) is 0 Å². The number of hydrogen-bond acceptors (Lipinski definition) is 2. The molecule has 0 atom stereocenters. The minimum atomic E-state index is -1.09. The van der Waals surface area contributed by atoms with Crippen LogP contribution in [0.25, 0.3) is 0 Å². The van der Waals surface area contributed by atoms with Crippen LogP contribution in [0.5, 0.6) is 0 Å². The van der Waals surface area contributed by atoms with Gasteiger partial charge in [0.15, 0.2) is 0 Å². The molecule has 0 saturated heterocycles. The molecule has 0 fully saturated rings. The molecule has 0 amide bonds.